The van der Waals surface area contributed by atoms with Crippen LogP contribution in [0.3, 0.4) is 0 Å². The molecule has 0 unspecified atom stereocenters. The number of halogens is 1. The monoisotopic (exact) mass is 271 g/mol. The zero-order chi connectivity index (χ0) is 14.1. The van der Waals surface area contributed by atoms with E-state index in [1.54, 1.807) is 6.07 Å². The van der Waals surface area contributed by atoms with E-state index in [0.29, 0.717) is 6.54 Å². The first-order valence-electron chi connectivity index (χ1n) is 6.29. The Morgan fingerprint density at radius 1 is 1.25 bits per heavy atom. The summed E-state index contributed by atoms with van der Waals surface area (Å²) in [5.41, 5.74) is 3.57. The van der Waals surface area contributed by atoms with Gasteiger partial charge < -0.3 is 15.4 Å². The van der Waals surface area contributed by atoms with Gasteiger partial charge in [0.1, 0.15) is 5.82 Å². The molecule has 3 aromatic rings. The summed E-state index contributed by atoms with van der Waals surface area (Å²) in [5, 5.41) is 12.4. The number of hydrogen-bond donors (Lipinski definition) is 3. The minimum atomic E-state index is -0.607. The number of phenols is 1. The van der Waals surface area contributed by atoms with Crippen LogP contribution in [-0.2, 0) is 6.54 Å². The number of aromatic amines is 1. The van der Waals surface area contributed by atoms with Gasteiger partial charge in [-0.15, -0.1) is 0 Å². The van der Waals surface area contributed by atoms with Gasteiger partial charge in [0.25, 0.3) is 0 Å². The Morgan fingerprint density at radius 3 is 2.90 bits per heavy atom. The second-order valence-corrected chi connectivity index (χ2v) is 4.69. The van der Waals surface area contributed by atoms with Gasteiger partial charge in [-0.05, 0) is 42.8 Å². The Hall–Kier alpha value is -2.56. The van der Waals surface area contributed by atoms with Crippen LogP contribution in [0.1, 0.15) is 11.4 Å². The van der Waals surface area contributed by atoms with Crippen molar-refractivity contribution in [3.05, 3.63) is 53.6 Å². The predicted octanol–water partition coefficient (Wildman–Crippen LogP) is 3.33. The quantitative estimate of drug-likeness (QED) is 0.684. The van der Waals surface area contributed by atoms with Gasteiger partial charge in [0.2, 0.25) is 0 Å². The van der Waals surface area contributed by atoms with Crippen LogP contribution in [-0.4, -0.2) is 15.1 Å². The summed E-state index contributed by atoms with van der Waals surface area (Å²) in [6.07, 6.45) is 0. The van der Waals surface area contributed by atoms with Gasteiger partial charge in [-0.2, -0.15) is 0 Å². The van der Waals surface area contributed by atoms with Gasteiger partial charge in [0, 0.05) is 12.2 Å². The van der Waals surface area contributed by atoms with E-state index in [1.807, 2.05) is 25.1 Å². The molecule has 0 atom stereocenters. The maximum absolute atomic E-state index is 13.2. The number of rotatable bonds is 3. The first kappa shape index (κ1) is 12.5. The van der Waals surface area contributed by atoms with Crippen LogP contribution in [0.15, 0.2) is 36.4 Å². The highest BCUT2D eigenvalue weighted by atomic mass is 19.1. The van der Waals surface area contributed by atoms with Crippen molar-refractivity contribution in [2.24, 2.45) is 0 Å². The first-order chi connectivity index (χ1) is 9.61. The van der Waals surface area contributed by atoms with Crippen molar-refractivity contribution in [1.82, 2.24) is 9.97 Å². The molecule has 0 spiro atoms. The Kier molecular flexibility index (Phi) is 3.02. The van der Waals surface area contributed by atoms with Crippen molar-refractivity contribution in [2.75, 3.05) is 5.32 Å². The number of phenolic OH excluding ortho intramolecular Hbond substituents is 1. The van der Waals surface area contributed by atoms with Crippen LogP contribution >= 0.6 is 0 Å². The Bertz CT molecular complexity index is 767. The minimum Gasteiger partial charge on any atom is -0.505 e. The molecule has 2 aromatic carbocycles. The van der Waals surface area contributed by atoms with E-state index in [4.69, 9.17) is 5.11 Å². The number of aryl methyl sites for hydroxylation is 1. The fourth-order valence-corrected chi connectivity index (χ4v) is 2.11. The molecule has 20 heavy (non-hydrogen) atoms. The lowest BCUT2D eigenvalue weighted by molar-refractivity contribution is 0.432. The molecule has 4 nitrogen and oxygen atoms in total. The molecule has 0 fully saturated rings. The van der Waals surface area contributed by atoms with Crippen LogP contribution in [0.4, 0.5) is 10.1 Å². The maximum Gasteiger partial charge on any atom is 0.165 e. The first-order valence-corrected chi connectivity index (χ1v) is 6.29. The predicted molar refractivity (Wildman–Crippen MR) is 76.2 cm³/mol. The third-order valence-electron chi connectivity index (χ3n) is 3.11. The molecule has 0 aliphatic rings. The standard InChI is InChI=1S/C15H14FN3O/c1-9-18-13-4-3-11(7-14(13)19-9)17-8-10-2-5-15(20)12(16)6-10/h2-7,17,20H,8H2,1H3,(H,18,19). The second kappa shape index (κ2) is 4.85. The molecular formula is C15H14FN3O. The molecule has 0 aliphatic carbocycles. The van der Waals surface area contributed by atoms with Crippen molar-refractivity contribution in [3.8, 4) is 5.75 Å². The van der Waals surface area contributed by atoms with E-state index in [2.05, 4.69) is 15.3 Å². The largest absolute Gasteiger partial charge is 0.505 e. The number of H-pyrrole nitrogens is 1. The third-order valence-corrected chi connectivity index (χ3v) is 3.11. The van der Waals surface area contributed by atoms with Gasteiger partial charge in [0.05, 0.1) is 11.0 Å². The minimum absolute atomic E-state index is 0.330. The fourth-order valence-electron chi connectivity index (χ4n) is 2.11. The smallest absolute Gasteiger partial charge is 0.165 e. The van der Waals surface area contributed by atoms with Crippen molar-refractivity contribution in [2.45, 2.75) is 13.5 Å². The van der Waals surface area contributed by atoms with Crippen LogP contribution < -0.4 is 5.32 Å². The molecule has 0 radical (unpaired) electrons. The van der Waals surface area contributed by atoms with Crippen molar-refractivity contribution in [3.63, 3.8) is 0 Å². The lowest BCUT2D eigenvalue weighted by Crippen LogP contribution is -1.99. The van der Waals surface area contributed by atoms with Crippen molar-refractivity contribution < 1.29 is 9.50 Å². The van der Waals surface area contributed by atoms with Crippen LogP contribution in [0, 0.1) is 12.7 Å². The molecule has 0 amide bonds. The van der Waals surface area contributed by atoms with Gasteiger partial charge in [0.15, 0.2) is 11.6 Å². The Morgan fingerprint density at radius 2 is 2.10 bits per heavy atom. The summed E-state index contributed by atoms with van der Waals surface area (Å²) >= 11 is 0. The molecular weight excluding hydrogens is 257 g/mol. The molecule has 3 rings (SSSR count). The Labute approximate surface area is 115 Å². The van der Waals surface area contributed by atoms with Crippen LogP contribution in [0.5, 0.6) is 5.75 Å². The third kappa shape index (κ3) is 2.42. The van der Waals surface area contributed by atoms with Gasteiger partial charge >= 0.3 is 0 Å². The molecule has 5 heteroatoms. The van der Waals surface area contributed by atoms with Crippen molar-refractivity contribution in [1.29, 1.82) is 0 Å². The van der Waals surface area contributed by atoms with Gasteiger partial charge in [-0.3, -0.25) is 0 Å². The fraction of sp³-hybridized carbons (Fsp3) is 0.133. The number of hydrogen-bond acceptors (Lipinski definition) is 3. The average molecular weight is 271 g/mol. The van der Waals surface area contributed by atoms with Crippen molar-refractivity contribution >= 4 is 16.7 Å². The SMILES string of the molecule is Cc1nc2ccc(NCc3ccc(O)c(F)c3)cc2[nH]1. The topological polar surface area (TPSA) is 60.9 Å². The van der Waals surface area contributed by atoms with Crippen LogP contribution in [0.2, 0.25) is 0 Å². The van der Waals surface area contributed by atoms with E-state index in [1.165, 1.54) is 12.1 Å². The highest BCUT2D eigenvalue weighted by Gasteiger charge is 2.03. The molecule has 1 heterocycles. The van der Waals surface area contributed by atoms with E-state index < -0.39 is 5.82 Å². The van der Waals surface area contributed by atoms with Gasteiger partial charge in [-0.1, -0.05) is 6.07 Å². The Balaban J connectivity index is 1.77. The second-order valence-electron chi connectivity index (χ2n) is 4.69. The van der Waals surface area contributed by atoms with E-state index >= 15 is 0 Å². The van der Waals surface area contributed by atoms with Gasteiger partial charge in [-0.25, -0.2) is 9.37 Å². The summed E-state index contributed by atoms with van der Waals surface area (Å²) in [6.45, 7) is 2.39. The molecule has 0 bridgehead atoms. The summed E-state index contributed by atoms with van der Waals surface area (Å²) in [5.74, 6) is -0.0650. The number of anilines is 1. The lowest BCUT2D eigenvalue weighted by Gasteiger charge is -2.07. The molecule has 0 saturated heterocycles. The maximum atomic E-state index is 13.2. The molecule has 0 saturated carbocycles. The number of nitrogens with zero attached hydrogens (tertiary/aromatic N) is 1. The summed E-state index contributed by atoms with van der Waals surface area (Å²) in [4.78, 5) is 7.50. The molecule has 102 valence electrons. The molecule has 1 aromatic heterocycles. The number of fused-ring (bicyclic) bond motifs is 1. The van der Waals surface area contributed by atoms with Crippen LogP contribution in [0.25, 0.3) is 11.0 Å². The number of imidazole rings is 1. The van der Waals surface area contributed by atoms with E-state index in [9.17, 15) is 4.39 Å². The average Bonchev–Trinajstić information content (AvgIpc) is 2.79. The summed E-state index contributed by atoms with van der Waals surface area (Å²) in [7, 11) is 0. The summed E-state index contributed by atoms with van der Waals surface area (Å²) in [6, 6.07) is 10.2. The number of aromatic nitrogens is 2. The highest BCUT2D eigenvalue weighted by Crippen LogP contribution is 2.19. The number of benzene rings is 2. The number of aromatic hydroxyl groups is 1. The summed E-state index contributed by atoms with van der Waals surface area (Å²) < 4.78 is 13.2. The zero-order valence-electron chi connectivity index (χ0n) is 10.9. The molecule has 0 aliphatic heterocycles. The van der Waals surface area contributed by atoms with E-state index in [-0.39, 0.29) is 5.75 Å². The lowest BCUT2D eigenvalue weighted by atomic mass is 10.2. The normalized spacial score (nSPS) is 10.9. The molecule has 3 N–H and O–H groups in total. The van der Waals surface area contributed by atoms with E-state index in [0.717, 1.165) is 28.1 Å². The zero-order valence-corrected chi connectivity index (χ0v) is 10.9. The number of nitrogens with one attached hydrogen (secondary N) is 2. The highest BCUT2D eigenvalue weighted by molar-refractivity contribution is 5.79.